The van der Waals surface area contributed by atoms with Crippen molar-refractivity contribution < 1.29 is 8.42 Å². The van der Waals surface area contributed by atoms with Crippen molar-refractivity contribution in [3.05, 3.63) is 65.2 Å². The van der Waals surface area contributed by atoms with Gasteiger partial charge in [-0.3, -0.25) is 0 Å². The van der Waals surface area contributed by atoms with Crippen LogP contribution in [0, 0.1) is 5.92 Å². The molecule has 4 rings (SSSR count). The van der Waals surface area contributed by atoms with Crippen LogP contribution in [0.25, 0.3) is 0 Å². The van der Waals surface area contributed by atoms with Gasteiger partial charge < -0.3 is 0 Å². The second-order valence-corrected chi connectivity index (χ2v) is 10.6. The van der Waals surface area contributed by atoms with Crippen LogP contribution in [0.2, 0.25) is 5.02 Å². The van der Waals surface area contributed by atoms with Crippen LogP contribution >= 0.6 is 23.2 Å². The van der Waals surface area contributed by atoms with Gasteiger partial charge in [-0.1, -0.05) is 54.8 Å². The number of sulfonamides is 1. The molecule has 2 aromatic carbocycles. The number of alkyl halides is 1. The van der Waals surface area contributed by atoms with E-state index in [1.807, 2.05) is 30.3 Å². The molecule has 0 bridgehead atoms. The van der Waals surface area contributed by atoms with Gasteiger partial charge in [0.15, 0.2) is 0 Å². The Bertz CT molecular complexity index is 902. The molecule has 144 valence electrons. The number of halogens is 2. The topological polar surface area (TPSA) is 37.4 Å². The van der Waals surface area contributed by atoms with Crippen LogP contribution in [-0.4, -0.2) is 24.1 Å². The minimum absolute atomic E-state index is 0.117. The standard InChI is InChI=1S/C21H23Cl2NO2S/c22-17-9-11-18(12-10-17)27(25,26)24-15-14-21(23)13-5-4-8-19(21)20(24)16-6-2-1-3-7-16/h1-3,6-7,9-12,19-20H,4-5,8,13-15H2. The summed E-state index contributed by atoms with van der Waals surface area (Å²) < 4.78 is 28.7. The summed E-state index contributed by atoms with van der Waals surface area (Å²) in [5.41, 5.74) is 1.02. The number of piperidine rings is 1. The maximum absolute atomic E-state index is 13.5. The van der Waals surface area contributed by atoms with Crippen LogP contribution in [-0.2, 0) is 10.0 Å². The zero-order valence-electron chi connectivity index (χ0n) is 15.0. The lowest BCUT2D eigenvalue weighted by Gasteiger charge is -2.51. The summed E-state index contributed by atoms with van der Waals surface area (Å²) in [5, 5.41) is 0.527. The molecule has 6 heteroatoms. The molecule has 2 aliphatic rings. The van der Waals surface area contributed by atoms with Crippen LogP contribution in [0.15, 0.2) is 59.5 Å². The minimum Gasteiger partial charge on any atom is -0.207 e. The van der Waals surface area contributed by atoms with Crippen molar-refractivity contribution in [2.75, 3.05) is 6.54 Å². The molecule has 3 nitrogen and oxygen atoms in total. The average Bonchev–Trinajstić information content (AvgIpc) is 2.67. The first-order valence-corrected chi connectivity index (χ1v) is 11.6. The van der Waals surface area contributed by atoms with Crippen molar-refractivity contribution in [3.63, 3.8) is 0 Å². The summed E-state index contributed by atoms with van der Waals surface area (Å²) in [6.07, 6.45) is 4.81. The van der Waals surface area contributed by atoms with Crippen LogP contribution in [0.4, 0.5) is 0 Å². The molecule has 0 radical (unpaired) electrons. The summed E-state index contributed by atoms with van der Waals surface area (Å²) in [4.78, 5) is -0.0316. The molecule has 3 atom stereocenters. The lowest BCUT2D eigenvalue weighted by Crippen LogP contribution is -2.53. The van der Waals surface area contributed by atoms with E-state index in [0.717, 1.165) is 31.2 Å². The second-order valence-electron chi connectivity index (χ2n) is 7.56. The molecule has 1 saturated carbocycles. The molecular weight excluding hydrogens is 401 g/mol. The Balaban J connectivity index is 1.80. The van der Waals surface area contributed by atoms with Crippen molar-refractivity contribution in [1.82, 2.24) is 4.31 Å². The Morgan fingerprint density at radius 2 is 1.67 bits per heavy atom. The van der Waals surface area contributed by atoms with Crippen molar-refractivity contribution in [2.24, 2.45) is 5.92 Å². The fourth-order valence-corrected chi connectivity index (χ4v) is 6.90. The van der Waals surface area contributed by atoms with Crippen molar-refractivity contribution in [2.45, 2.75) is 47.9 Å². The van der Waals surface area contributed by atoms with Gasteiger partial charge in [0, 0.05) is 11.6 Å². The highest BCUT2D eigenvalue weighted by atomic mass is 35.5. The molecule has 1 aliphatic carbocycles. The van der Waals surface area contributed by atoms with Gasteiger partial charge in [-0.05, 0) is 55.0 Å². The highest BCUT2D eigenvalue weighted by molar-refractivity contribution is 7.89. The van der Waals surface area contributed by atoms with Crippen molar-refractivity contribution >= 4 is 33.2 Å². The first-order chi connectivity index (χ1) is 12.9. The lowest BCUT2D eigenvalue weighted by molar-refractivity contribution is 0.0933. The van der Waals surface area contributed by atoms with E-state index in [1.54, 1.807) is 28.6 Å². The fraction of sp³-hybridized carbons (Fsp3) is 0.429. The van der Waals surface area contributed by atoms with Gasteiger partial charge in [-0.2, -0.15) is 4.31 Å². The zero-order valence-corrected chi connectivity index (χ0v) is 17.3. The molecule has 0 N–H and O–H groups in total. The highest BCUT2D eigenvalue weighted by Crippen LogP contribution is 2.53. The number of hydrogen-bond donors (Lipinski definition) is 0. The van der Waals surface area contributed by atoms with Gasteiger partial charge in [0.05, 0.1) is 15.8 Å². The van der Waals surface area contributed by atoms with E-state index in [9.17, 15) is 8.42 Å². The normalized spacial score (nSPS) is 29.3. The van der Waals surface area contributed by atoms with Crippen LogP contribution in [0.3, 0.4) is 0 Å². The SMILES string of the molecule is O=S(=O)(c1ccc(Cl)cc1)N1CCC2(Cl)CCCCC2C1c1ccccc1. The van der Waals surface area contributed by atoms with E-state index >= 15 is 0 Å². The largest absolute Gasteiger partial charge is 0.243 e. The van der Waals surface area contributed by atoms with E-state index < -0.39 is 10.0 Å². The number of rotatable bonds is 3. The quantitative estimate of drug-likeness (QED) is 0.598. The third-order valence-electron chi connectivity index (χ3n) is 6.02. The van der Waals surface area contributed by atoms with E-state index in [1.165, 1.54) is 0 Å². The van der Waals surface area contributed by atoms with Gasteiger partial charge in [-0.15, -0.1) is 11.6 Å². The molecule has 1 saturated heterocycles. The van der Waals surface area contributed by atoms with E-state index in [-0.39, 0.29) is 21.7 Å². The van der Waals surface area contributed by atoms with Crippen LogP contribution in [0.1, 0.15) is 43.7 Å². The molecule has 2 fully saturated rings. The summed E-state index contributed by atoms with van der Waals surface area (Å²) in [7, 11) is -3.64. The van der Waals surface area contributed by atoms with Gasteiger partial charge >= 0.3 is 0 Å². The summed E-state index contributed by atoms with van der Waals surface area (Å²) in [6, 6.07) is 16.1. The predicted molar refractivity (Wildman–Crippen MR) is 110 cm³/mol. The van der Waals surface area contributed by atoms with Crippen LogP contribution < -0.4 is 0 Å². The smallest absolute Gasteiger partial charge is 0.207 e. The Morgan fingerprint density at radius 3 is 2.37 bits per heavy atom. The highest BCUT2D eigenvalue weighted by Gasteiger charge is 2.51. The van der Waals surface area contributed by atoms with Gasteiger partial charge in [0.25, 0.3) is 0 Å². The molecule has 27 heavy (non-hydrogen) atoms. The first-order valence-electron chi connectivity index (χ1n) is 9.43. The Morgan fingerprint density at radius 1 is 0.963 bits per heavy atom. The third kappa shape index (κ3) is 3.53. The third-order valence-corrected chi connectivity index (χ3v) is 8.83. The van der Waals surface area contributed by atoms with Gasteiger partial charge in [-0.25, -0.2) is 8.42 Å². The van der Waals surface area contributed by atoms with E-state index in [0.29, 0.717) is 18.0 Å². The zero-order chi connectivity index (χ0) is 19.1. The van der Waals surface area contributed by atoms with Crippen LogP contribution in [0.5, 0.6) is 0 Å². The fourth-order valence-electron chi connectivity index (χ4n) is 4.67. The van der Waals surface area contributed by atoms with Gasteiger partial charge in [0.1, 0.15) is 0 Å². The van der Waals surface area contributed by atoms with E-state index in [4.69, 9.17) is 23.2 Å². The summed E-state index contributed by atoms with van der Waals surface area (Å²) >= 11 is 13.0. The molecule has 1 heterocycles. The monoisotopic (exact) mass is 423 g/mol. The second kappa shape index (κ2) is 7.40. The number of nitrogens with zero attached hydrogens (tertiary/aromatic N) is 1. The molecule has 0 aromatic heterocycles. The average molecular weight is 424 g/mol. The van der Waals surface area contributed by atoms with E-state index in [2.05, 4.69) is 0 Å². The number of hydrogen-bond acceptors (Lipinski definition) is 2. The lowest BCUT2D eigenvalue weighted by atomic mass is 9.69. The summed E-state index contributed by atoms with van der Waals surface area (Å²) in [6.45, 7) is 0.435. The molecule has 1 aliphatic heterocycles. The summed E-state index contributed by atoms with van der Waals surface area (Å²) in [5.74, 6) is 0.117. The Labute approximate surface area is 171 Å². The Kier molecular flexibility index (Phi) is 5.28. The molecule has 0 amide bonds. The molecule has 2 aromatic rings. The van der Waals surface area contributed by atoms with Crippen molar-refractivity contribution in [3.8, 4) is 0 Å². The maximum atomic E-state index is 13.5. The van der Waals surface area contributed by atoms with Gasteiger partial charge in [0.2, 0.25) is 10.0 Å². The van der Waals surface area contributed by atoms with Crippen molar-refractivity contribution in [1.29, 1.82) is 0 Å². The number of fused-ring (bicyclic) bond motifs is 1. The molecule has 3 unspecified atom stereocenters. The maximum Gasteiger partial charge on any atom is 0.243 e. The Hall–Kier alpha value is -1.07. The number of benzene rings is 2. The molecule has 0 spiro atoms. The predicted octanol–water partition coefficient (Wildman–Crippen LogP) is 5.64. The first kappa shape index (κ1) is 19.3. The molecular formula is C21H23Cl2NO2S. The minimum atomic E-state index is -3.64.